The normalized spacial score (nSPS) is 20.2. The summed E-state index contributed by atoms with van der Waals surface area (Å²) in [5, 5.41) is 13.5. The van der Waals surface area contributed by atoms with E-state index in [4.69, 9.17) is 9.88 Å². The maximum Gasteiger partial charge on any atom is 0.410 e. The van der Waals surface area contributed by atoms with Crippen LogP contribution in [0.25, 0.3) is 0 Å². The molecule has 12 nitrogen and oxygen atoms in total. The SMILES string of the molecule is CCN(C(=O)OCCCCO[N+](=O)[O-])C1CC(C)S(=O)(=O)c2sc(S(N)(=O)=O)cc21. The average molecular weight is 486 g/mol. The van der Waals surface area contributed by atoms with Gasteiger partial charge in [0, 0.05) is 12.1 Å². The first kappa shape index (κ1) is 24.3. The largest absolute Gasteiger partial charge is 0.449 e. The van der Waals surface area contributed by atoms with E-state index >= 15 is 0 Å². The Kier molecular flexibility index (Phi) is 7.65. The number of rotatable bonds is 9. The van der Waals surface area contributed by atoms with Crippen molar-refractivity contribution in [1.82, 2.24) is 4.90 Å². The van der Waals surface area contributed by atoms with Gasteiger partial charge in [-0.15, -0.1) is 21.5 Å². The minimum Gasteiger partial charge on any atom is -0.449 e. The standard InChI is InChI=1S/C15H23N3O9S3/c1-3-17(15(19)26-6-4-5-7-27-18(20)21)12-8-10(2)29(22,23)14-11(12)9-13(28-14)30(16,24)25/h9-10,12H,3-8H2,1-2H3,(H2,16,24,25). The second-order valence-corrected chi connectivity index (χ2v) is 12.0. The van der Waals surface area contributed by atoms with Gasteiger partial charge in [-0.3, -0.25) is 0 Å². The molecule has 170 valence electrons. The number of primary sulfonamides is 1. The summed E-state index contributed by atoms with van der Waals surface area (Å²) >= 11 is 0.577. The molecule has 2 rings (SSSR count). The molecule has 0 saturated carbocycles. The molecule has 2 N–H and O–H groups in total. The van der Waals surface area contributed by atoms with Crippen molar-refractivity contribution in [3.8, 4) is 0 Å². The number of ether oxygens (including phenoxy) is 1. The number of hydrogen-bond acceptors (Lipinski definition) is 10. The Bertz CT molecular complexity index is 1000. The summed E-state index contributed by atoms with van der Waals surface area (Å²) in [6.07, 6.45) is 0.0334. The molecule has 0 aromatic carbocycles. The van der Waals surface area contributed by atoms with E-state index in [1.54, 1.807) is 6.92 Å². The van der Waals surface area contributed by atoms with Crippen LogP contribution in [-0.4, -0.2) is 57.9 Å². The van der Waals surface area contributed by atoms with Gasteiger partial charge in [0.1, 0.15) is 8.42 Å². The molecule has 0 saturated heterocycles. The highest BCUT2D eigenvalue weighted by Gasteiger charge is 2.42. The number of nitrogens with two attached hydrogens (primary N) is 1. The first-order chi connectivity index (χ1) is 13.9. The van der Waals surface area contributed by atoms with Crippen molar-refractivity contribution in [2.45, 2.75) is 52.8 Å². The van der Waals surface area contributed by atoms with Crippen LogP contribution in [0.4, 0.5) is 4.79 Å². The first-order valence-electron chi connectivity index (χ1n) is 9.00. The second kappa shape index (κ2) is 9.45. The topological polar surface area (TPSA) is 176 Å². The molecular weight excluding hydrogens is 462 g/mol. The van der Waals surface area contributed by atoms with Crippen LogP contribution in [0.3, 0.4) is 0 Å². The van der Waals surface area contributed by atoms with Gasteiger partial charge in [0.2, 0.25) is 10.0 Å². The van der Waals surface area contributed by atoms with E-state index in [1.807, 2.05) is 0 Å². The van der Waals surface area contributed by atoms with Gasteiger partial charge >= 0.3 is 6.09 Å². The van der Waals surface area contributed by atoms with Gasteiger partial charge in [-0.2, -0.15) is 0 Å². The van der Waals surface area contributed by atoms with Gasteiger partial charge in [0.15, 0.2) is 9.84 Å². The number of carbonyl (C=O) groups is 1. The van der Waals surface area contributed by atoms with Gasteiger partial charge in [-0.05, 0) is 39.2 Å². The Morgan fingerprint density at radius 2 is 2.03 bits per heavy atom. The van der Waals surface area contributed by atoms with E-state index in [-0.39, 0.29) is 40.2 Å². The third kappa shape index (κ3) is 5.39. The maximum absolute atomic E-state index is 12.7. The Hall–Kier alpha value is -1.97. The number of sulfone groups is 1. The Labute approximate surface area is 178 Å². The lowest BCUT2D eigenvalue weighted by Crippen LogP contribution is -2.40. The summed E-state index contributed by atoms with van der Waals surface area (Å²) in [5.41, 5.74) is 0.209. The predicted octanol–water partition coefficient (Wildman–Crippen LogP) is 1.45. The molecule has 2 heterocycles. The highest BCUT2D eigenvalue weighted by Crippen LogP contribution is 2.45. The first-order valence-corrected chi connectivity index (χ1v) is 12.9. The van der Waals surface area contributed by atoms with Crippen LogP contribution >= 0.6 is 11.3 Å². The van der Waals surface area contributed by atoms with Crippen molar-refractivity contribution in [1.29, 1.82) is 0 Å². The van der Waals surface area contributed by atoms with E-state index in [1.165, 1.54) is 17.9 Å². The summed E-state index contributed by atoms with van der Waals surface area (Å²) in [5.74, 6) is 0. The molecule has 1 aromatic heterocycles. The molecule has 0 aliphatic carbocycles. The molecule has 30 heavy (non-hydrogen) atoms. The summed E-state index contributed by atoms with van der Waals surface area (Å²) in [7, 11) is -7.85. The molecule has 0 radical (unpaired) electrons. The maximum atomic E-state index is 12.7. The third-order valence-electron chi connectivity index (χ3n) is 4.60. The summed E-state index contributed by atoms with van der Waals surface area (Å²) < 4.78 is 53.6. The fraction of sp³-hybridized carbons (Fsp3) is 0.667. The molecule has 1 aromatic rings. The summed E-state index contributed by atoms with van der Waals surface area (Å²) in [6.45, 7) is 3.26. The van der Waals surface area contributed by atoms with Crippen molar-refractivity contribution in [2.24, 2.45) is 5.14 Å². The molecule has 15 heteroatoms. The number of thiophene rings is 1. The van der Waals surface area contributed by atoms with Gasteiger partial charge in [0.25, 0.3) is 5.09 Å². The van der Waals surface area contributed by atoms with Crippen LogP contribution < -0.4 is 5.14 Å². The van der Waals surface area contributed by atoms with Crippen LogP contribution in [0.5, 0.6) is 0 Å². The number of sulfonamides is 1. The number of hydrogen-bond donors (Lipinski definition) is 1. The molecule has 1 amide bonds. The Morgan fingerprint density at radius 1 is 1.40 bits per heavy atom. The Morgan fingerprint density at radius 3 is 2.60 bits per heavy atom. The number of nitrogens with zero attached hydrogens (tertiary/aromatic N) is 2. The van der Waals surface area contributed by atoms with Crippen molar-refractivity contribution in [2.75, 3.05) is 19.8 Å². The lowest BCUT2D eigenvalue weighted by atomic mass is 10.0. The quantitative estimate of drug-likeness (QED) is 0.308. The zero-order valence-corrected chi connectivity index (χ0v) is 18.8. The van der Waals surface area contributed by atoms with Gasteiger partial charge in [-0.1, -0.05) is 0 Å². The number of carbonyl (C=O) groups excluding carboxylic acids is 1. The third-order valence-corrected chi connectivity index (χ3v) is 9.91. The number of fused-ring (bicyclic) bond motifs is 1. The smallest absolute Gasteiger partial charge is 0.410 e. The van der Waals surface area contributed by atoms with Gasteiger partial charge < -0.3 is 14.5 Å². The molecule has 0 fully saturated rings. The summed E-state index contributed by atoms with van der Waals surface area (Å²) in [6, 6.07) is 0.509. The van der Waals surface area contributed by atoms with Crippen LogP contribution in [0.2, 0.25) is 0 Å². The second-order valence-electron chi connectivity index (χ2n) is 6.62. The van der Waals surface area contributed by atoms with Gasteiger partial charge in [0.05, 0.1) is 24.5 Å². The van der Waals surface area contributed by atoms with E-state index < -0.39 is 42.3 Å². The average Bonchev–Trinajstić information content (AvgIpc) is 3.10. The lowest BCUT2D eigenvalue weighted by molar-refractivity contribution is -0.757. The van der Waals surface area contributed by atoms with E-state index in [0.717, 1.165) is 0 Å². The molecule has 2 unspecified atom stereocenters. The van der Waals surface area contributed by atoms with Crippen LogP contribution in [-0.2, 0) is 29.4 Å². The number of unbranched alkanes of at least 4 members (excludes halogenated alkanes) is 1. The molecule has 2 atom stereocenters. The minimum absolute atomic E-state index is 0.00406. The zero-order valence-electron chi connectivity index (χ0n) is 16.3. The molecule has 1 aliphatic rings. The minimum atomic E-state index is -4.11. The van der Waals surface area contributed by atoms with Crippen molar-refractivity contribution in [3.63, 3.8) is 0 Å². The molecule has 0 bridgehead atoms. The fourth-order valence-corrected chi connectivity index (χ4v) is 7.47. The van der Waals surface area contributed by atoms with Crippen molar-refractivity contribution < 1.29 is 36.3 Å². The zero-order chi connectivity index (χ0) is 22.7. The van der Waals surface area contributed by atoms with Crippen molar-refractivity contribution >= 4 is 37.3 Å². The van der Waals surface area contributed by atoms with Crippen LogP contribution in [0, 0.1) is 10.1 Å². The van der Waals surface area contributed by atoms with Crippen LogP contribution in [0.15, 0.2) is 14.5 Å². The monoisotopic (exact) mass is 485 g/mol. The van der Waals surface area contributed by atoms with Crippen LogP contribution in [0.1, 0.15) is 44.7 Å². The predicted molar refractivity (Wildman–Crippen MR) is 106 cm³/mol. The molecular formula is C15H23N3O9S3. The highest BCUT2D eigenvalue weighted by molar-refractivity contribution is 7.95. The van der Waals surface area contributed by atoms with E-state index in [9.17, 15) is 31.7 Å². The van der Waals surface area contributed by atoms with E-state index in [2.05, 4.69) is 4.84 Å². The lowest BCUT2D eigenvalue weighted by Gasteiger charge is -2.35. The van der Waals surface area contributed by atoms with E-state index in [0.29, 0.717) is 24.2 Å². The number of amides is 1. The summed E-state index contributed by atoms with van der Waals surface area (Å²) in [4.78, 5) is 28.2. The highest BCUT2D eigenvalue weighted by atomic mass is 32.3. The van der Waals surface area contributed by atoms with Gasteiger partial charge in [-0.25, -0.2) is 26.8 Å². The fourth-order valence-electron chi connectivity index (χ4n) is 3.07. The molecule has 0 spiro atoms. The van der Waals surface area contributed by atoms with Crippen molar-refractivity contribution in [3.05, 3.63) is 21.7 Å². The molecule has 1 aliphatic heterocycles. The Balaban J connectivity index is 2.19.